The highest BCUT2D eigenvalue weighted by molar-refractivity contribution is 5.96. The summed E-state index contributed by atoms with van der Waals surface area (Å²) >= 11 is 0. The van der Waals surface area contributed by atoms with Gasteiger partial charge in [-0.15, -0.1) is 0 Å². The first-order valence-electron chi connectivity index (χ1n) is 9.98. The summed E-state index contributed by atoms with van der Waals surface area (Å²) in [6.07, 6.45) is 5.91. The van der Waals surface area contributed by atoms with Gasteiger partial charge in [-0.25, -0.2) is 18.7 Å². The van der Waals surface area contributed by atoms with Crippen LogP contribution in [0.25, 0.3) is 0 Å². The Balaban J connectivity index is 1.39. The molecule has 29 heavy (non-hydrogen) atoms. The van der Waals surface area contributed by atoms with E-state index in [9.17, 15) is 18.4 Å². The highest BCUT2D eigenvalue weighted by Gasteiger charge is 2.55. The minimum absolute atomic E-state index is 0.00273. The molecule has 0 bridgehead atoms. The summed E-state index contributed by atoms with van der Waals surface area (Å²) in [4.78, 5) is 36.3. The van der Waals surface area contributed by atoms with Crippen molar-refractivity contribution in [1.82, 2.24) is 14.9 Å². The highest BCUT2D eigenvalue weighted by atomic mass is 19.3. The van der Waals surface area contributed by atoms with Gasteiger partial charge in [-0.1, -0.05) is 0 Å². The van der Waals surface area contributed by atoms with E-state index >= 15 is 0 Å². The average Bonchev–Trinajstić information content (AvgIpc) is 3.56. The summed E-state index contributed by atoms with van der Waals surface area (Å²) < 4.78 is 32.4. The Kier molecular flexibility index (Phi) is 3.98. The first-order valence-corrected chi connectivity index (χ1v) is 9.98. The standard InChI is InChI=1S/C19H23F2N5O3/c20-19(21)9-25(10-19)15-16(29-7-11-1-2-11)24-12(6-23-15)17(28)26-8-18(3-4-18)5-13(26)14(22)27/h6,11,13H,1-5,7-10H2,(H2,22,27). The van der Waals surface area contributed by atoms with Gasteiger partial charge < -0.3 is 20.3 Å². The fourth-order valence-corrected chi connectivity index (χ4v) is 4.14. The molecule has 5 rings (SSSR count). The van der Waals surface area contributed by atoms with Crippen LogP contribution >= 0.6 is 0 Å². The van der Waals surface area contributed by atoms with Crippen molar-refractivity contribution in [2.45, 2.75) is 44.1 Å². The summed E-state index contributed by atoms with van der Waals surface area (Å²) in [5.74, 6) is -2.97. The quantitative estimate of drug-likeness (QED) is 0.760. The van der Waals surface area contributed by atoms with E-state index in [0.717, 1.165) is 25.7 Å². The Bertz CT molecular complexity index is 863. The first kappa shape index (κ1) is 18.5. The third-order valence-electron chi connectivity index (χ3n) is 6.29. The van der Waals surface area contributed by atoms with Gasteiger partial charge in [-0.3, -0.25) is 9.59 Å². The molecule has 1 unspecified atom stereocenters. The van der Waals surface area contributed by atoms with Crippen LogP contribution in [0.2, 0.25) is 0 Å². The van der Waals surface area contributed by atoms with Crippen LogP contribution in [0.1, 0.15) is 42.6 Å². The smallest absolute Gasteiger partial charge is 0.282 e. The molecule has 0 radical (unpaired) electrons. The van der Waals surface area contributed by atoms with Crippen molar-refractivity contribution in [2.24, 2.45) is 17.1 Å². The van der Waals surface area contributed by atoms with Gasteiger partial charge >= 0.3 is 0 Å². The van der Waals surface area contributed by atoms with Gasteiger partial charge in [-0.05, 0) is 43.4 Å². The number of amides is 2. The maximum absolute atomic E-state index is 13.3. The fraction of sp³-hybridized carbons (Fsp3) is 0.684. The predicted octanol–water partition coefficient (Wildman–Crippen LogP) is 1.20. The number of nitrogens with zero attached hydrogens (tertiary/aromatic N) is 4. The first-order chi connectivity index (χ1) is 13.8. The zero-order valence-electron chi connectivity index (χ0n) is 15.9. The van der Waals surface area contributed by atoms with Gasteiger partial charge in [0.2, 0.25) is 5.91 Å². The van der Waals surface area contributed by atoms with Crippen LogP contribution in [0, 0.1) is 11.3 Å². The van der Waals surface area contributed by atoms with Crippen molar-refractivity contribution in [3.63, 3.8) is 0 Å². The molecule has 156 valence electrons. The summed E-state index contributed by atoms with van der Waals surface area (Å²) in [7, 11) is 0. The van der Waals surface area contributed by atoms with Crippen molar-refractivity contribution in [3.05, 3.63) is 11.9 Å². The molecule has 3 heterocycles. The van der Waals surface area contributed by atoms with Gasteiger partial charge in [0, 0.05) is 6.54 Å². The molecule has 1 atom stereocenters. The fourth-order valence-electron chi connectivity index (χ4n) is 4.14. The van der Waals surface area contributed by atoms with E-state index < -0.39 is 36.9 Å². The molecule has 1 aromatic heterocycles. The summed E-state index contributed by atoms with van der Waals surface area (Å²) in [6.45, 7) is -0.0138. The zero-order valence-corrected chi connectivity index (χ0v) is 15.9. The number of alkyl halides is 2. The number of likely N-dealkylation sites (tertiary alicyclic amines) is 1. The average molecular weight is 407 g/mol. The molecule has 2 saturated heterocycles. The number of carbonyl (C=O) groups excluding carboxylic acids is 2. The molecule has 2 aliphatic heterocycles. The Hall–Kier alpha value is -2.52. The van der Waals surface area contributed by atoms with E-state index in [2.05, 4.69) is 9.97 Å². The Morgan fingerprint density at radius 2 is 1.97 bits per heavy atom. The summed E-state index contributed by atoms with van der Waals surface area (Å²) in [6, 6.07) is -0.656. The molecule has 1 spiro atoms. The number of anilines is 1. The van der Waals surface area contributed by atoms with Crippen LogP contribution in [0.3, 0.4) is 0 Å². The molecule has 2 amide bonds. The maximum atomic E-state index is 13.3. The Morgan fingerprint density at radius 3 is 2.55 bits per heavy atom. The lowest BCUT2D eigenvalue weighted by atomic mass is 10.0. The molecular weight excluding hydrogens is 384 g/mol. The monoisotopic (exact) mass is 407 g/mol. The molecule has 0 aromatic carbocycles. The Morgan fingerprint density at radius 1 is 1.24 bits per heavy atom. The molecule has 4 aliphatic rings. The van der Waals surface area contributed by atoms with Crippen LogP contribution in [0.5, 0.6) is 5.88 Å². The number of aromatic nitrogens is 2. The zero-order chi connectivity index (χ0) is 20.4. The summed E-state index contributed by atoms with van der Waals surface area (Å²) in [5, 5.41) is 0. The number of halogens is 2. The third-order valence-corrected chi connectivity index (χ3v) is 6.29. The van der Waals surface area contributed by atoms with Gasteiger partial charge in [0.1, 0.15) is 6.04 Å². The van der Waals surface area contributed by atoms with Crippen LogP contribution < -0.4 is 15.4 Å². The van der Waals surface area contributed by atoms with Crippen LogP contribution in [0.15, 0.2) is 6.20 Å². The van der Waals surface area contributed by atoms with Crippen molar-refractivity contribution in [3.8, 4) is 5.88 Å². The second-order valence-corrected chi connectivity index (χ2v) is 8.91. The molecule has 4 fully saturated rings. The number of carbonyl (C=O) groups is 2. The number of ether oxygens (including phenoxy) is 1. The lowest BCUT2D eigenvalue weighted by molar-refractivity contribution is -0.121. The lowest BCUT2D eigenvalue weighted by Crippen LogP contribution is -2.56. The normalized spacial score (nSPS) is 26.3. The van der Waals surface area contributed by atoms with Crippen molar-refractivity contribution >= 4 is 17.6 Å². The van der Waals surface area contributed by atoms with Crippen molar-refractivity contribution in [2.75, 3.05) is 31.1 Å². The Labute approximate surface area is 166 Å². The number of hydrogen-bond acceptors (Lipinski definition) is 6. The lowest BCUT2D eigenvalue weighted by Gasteiger charge is -2.39. The minimum Gasteiger partial charge on any atom is -0.475 e. The van der Waals surface area contributed by atoms with Crippen LogP contribution in [0.4, 0.5) is 14.6 Å². The molecule has 2 aliphatic carbocycles. The SMILES string of the molecule is NC(=O)C1CC2(CC2)CN1C(=O)c1cnc(N2CC(F)(F)C2)c(OCC2CC2)n1. The highest BCUT2D eigenvalue weighted by Crippen LogP contribution is 2.55. The van der Waals surface area contributed by atoms with E-state index in [4.69, 9.17) is 10.5 Å². The number of rotatable bonds is 6. The largest absolute Gasteiger partial charge is 0.475 e. The predicted molar refractivity (Wildman–Crippen MR) is 97.7 cm³/mol. The van der Waals surface area contributed by atoms with Crippen LogP contribution in [-0.2, 0) is 4.79 Å². The van der Waals surface area contributed by atoms with E-state index in [1.54, 1.807) is 0 Å². The number of hydrogen-bond donors (Lipinski definition) is 1. The third kappa shape index (κ3) is 3.49. The molecular formula is C19H23F2N5O3. The van der Waals surface area contributed by atoms with Crippen molar-refractivity contribution < 1.29 is 23.1 Å². The van der Waals surface area contributed by atoms with Gasteiger partial charge in [0.05, 0.1) is 25.9 Å². The maximum Gasteiger partial charge on any atom is 0.282 e. The van der Waals surface area contributed by atoms with E-state index in [-0.39, 0.29) is 22.8 Å². The van der Waals surface area contributed by atoms with Gasteiger partial charge in [-0.2, -0.15) is 0 Å². The van der Waals surface area contributed by atoms with Gasteiger partial charge in [0.25, 0.3) is 17.7 Å². The molecule has 1 aromatic rings. The number of primary amides is 1. The topological polar surface area (TPSA) is 102 Å². The molecule has 2 saturated carbocycles. The molecule has 10 heteroatoms. The molecule has 8 nitrogen and oxygen atoms in total. The van der Waals surface area contributed by atoms with E-state index in [0.29, 0.717) is 25.5 Å². The summed E-state index contributed by atoms with van der Waals surface area (Å²) in [5.41, 5.74) is 5.55. The second kappa shape index (κ2) is 6.24. The second-order valence-electron chi connectivity index (χ2n) is 8.91. The van der Waals surface area contributed by atoms with Gasteiger partial charge in [0.15, 0.2) is 11.5 Å². The van der Waals surface area contributed by atoms with Crippen molar-refractivity contribution in [1.29, 1.82) is 0 Å². The molecule has 2 N–H and O–H groups in total. The number of nitrogens with two attached hydrogens (primary N) is 1. The van der Waals surface area contributed by atoms with E-state index in [1.165, 1.54) is 16.0 Å². The van der Waals surface area contributed by atoms with Crippen LogP contribution in [-0.4, -0.2) is 64.9 Å². The van der Waals surface area contributed by atoms with E-state index in [1.807, 2.05) is 0 Å². The minimum atomic E-state index is -2.76.